The highest BCUT2D eigenvalue weighted by molar-refractivity contribution is 6.06. The van der Waals surface area contributed by atoms with Crippen LogP contribution in [0.25, 0.3) is 6.08 Å². The quantitative estimate of drug-likeness (QED) is 0.696. The lowest BCUT2D eigenvalue weighted by Gasteiger charge is -2.38. The van der Waals surface area contributed by atoms with E-state index >= 15 is 0 Å². The average molecular weight is 378 g/mol. The van der Waals surface area contributed by atoms with Crippen LogP contribution >= 0.6 is 0 Å². The fraction of sp³-hybridized carbons (Fsp3) is 0.318. The number of ketones is 1. The third-order valence-corrected chi connectivity index (χ3v) is 5.61. The van der Waals surface area contributed by atoms with Crippen molar-refractivity contribution in [3.05, 3.63) is 47.0 Å². The number of fused-ring (bicyclic) bond motifs is 7. The van der Waals surface area contributed by atoms with Gasteiger partial charge in [0.15, 0.2) is 17.3 Å². The van der Waals surface area contributed by atoms with Crippen molar-refractivity contribution in [1.29, 1.82) is 0 Å². The molecular weight excluding hydrogens is 360 g/mol. The lowest BCUT2D eigenvalue weighted by molar-refractivity contribution is 0.0554. The summed E-state index contributed by atoms with van der Waals surface area (Å²) in [5.41, 5.74) is 1.76. The van der Waals surface area contributed by atoms with Gasteiger partial charge in [0.2, 0.25) is 6.79 Å². The van der Waals surface area contributed by atoms with Gasteiger partial charge in [-0.2, -0.15) is 0 Å². The van der Waals surface area contributed by atoms with Crippen molar-refractivity contribution in [1.82, 2.24) is 0 Å². The molecule has 0 spiro atoms. The number of benzene rings is 2. The van der Waals surface area contributed by atoms with Crippen LogP contribution in [0.2, 0.25) is 0 Å². The van der Waals surface area contributed by atoms with Gasteiger partial charge in [-0.05, 0) is 44.2 Å². The highest BCUT2D eigenvalue weighted by Gasteiger charge is 2.45. The Balaban J connectivity index is 1.47. The molecule has 2 atom stereocenters. The molecule has 6 rings (SSSR count). The van der Waals surface area contributed by atoms with Gasteiger partial charge in [-0.15, -0.1) is 0 Å². The van der Waals surface area contributed by atoms with Crippen molar-refractivity contribution < 1.29 is 28.5 Å². The molecule has 0 fully saturated rings. The molecule has 142 valence electrons. The number of rotatable bonds is 0. The third kappa shape index (κ3) is 2.11. The van der Waals surface area contributed by atoms with Crippen LogP contribution in [0, 0.1) is 0 Å². The lowest BCUT2D eigenvalue weighted by atomic mass is 9.81. The van der Waals surface area contributed by atoms with Crippen LogP contribution in [0.5, 0.6) is 28.7 Å². The summed E-state index contributed by atoms with van der Waals surface area (Å²) in [4.78, 5) is 13.5. The van der Waals surface area contributed by atoms with E-state index in [1.54, 1.807) is 12.1 Å². The molecular formula is C22H18O6. The van der Waals surface area contributed by atoms with E-state index in [0.29, 0.717) is 35.2 Å². The molecule has 0 aromatic heterocycles. The monoisotopic (exact) mass is 378 g/mol. The van der Waals surface area contributed by atoms with Crippen LogP contribution in [-0.2, 0) is 0 Å². The third-order valence-electron chi connectivity index (χ3n) is 5.61. The van der Waals surface area contributed by atoms with Crippen molar-refractivity contribution in [3.8, 4) is 28.7 Å². The topological polar surface area (TPSA) is 63.2 Å². The van der Waals surface area contributed by atoms with Crippen molar-refractivity contribution in [3.63, 3.8) is 0 Å². The Morgan fingerprint density at radius 1 is 1.00 bits per heavy atom. The molecule has 0 saturated carbocycles. The molecule has 4 aliphatic heterocycles. The van der Waals surface area contributed by atoms with E-state index < -0.39 is 17.6 Å². The minimum absolute atomic E-state index is 0.0238. The Labute approximate surface area is 161 Å². The average Bonchev–Trinajstić information content (AvgIpc) is 3.12. The van der Waals surface area contributed by atoms with E-state index in [2.05, 4.69) is 0 Å². The van der Waals surface area contributed by atoms with E-state index in [0.717, 1.165) is 16.9 Å². The van der Waals surface area contributed by atoms with Crippen LogP contribution in [0.3, 0.4) is 0 Å². The minimum atomic E-state index is -0.436. The number of carbonyl (C=O) groups excluding carboxylic acids is 1. The summed E-state index contributed by atoms with van der Waals surface area (Å²) in [6.07, 6.45) is 3.55. The molecule has 2 aromatic carbocycles. The summed E-state index contributed by atoms with van der Waals surface area (Å²) in [6.45, 7) is 4.45. The maximum absolute atomic E-state index is 13.5. The van der Waals surface area contributed by atoms with Crippen molar-refractivity contribution in [2.75, 3.05) is 13.4 Å². The maximum atomic E-state index is 13.5. The molecule has 2 aromatic rings. The van der Waals surface area contributed by atoms with Crippen LogP contribution in [0.4, 0.5) is 0 Å². The summed E-state index contributed by atoms with van der Waals surface area (Å²) in [5, 5.41) is 0. The summed E-state index contributed by atoms with van der Waals surface area (Å²) < 4.78 is 29.1. The summed E-state index contributed by atoms with van der Waals surface area (Å²) in [7, 11) is 0. The number of ether oxygens (including phenoxy) is 5. The zero-order chi connectivity index (χ0) is 19.0. The van der Waals surface area contributed by atoms with E-state index in [1.807, 2.05) is 38.1 Å². The molecule has 0 N–H and O–H groups in total. The zero-order valence-electron chi connectivity index (χ0n) is 15.5. The van der Waals surface area contributed by atoms with Crippen molar-refractivity contribution >= 4 is 11.9 Å². The highest BCUT2D eigenvalue weighted by atomic mass is 16.7. The summed E-state index contributed by atoms with van der Waals surface area (Å²) >= 11 is 0. The second kappa shape index (κ2) is 5.22. The van der Waals surface area contributed by atoms with E-state index in [-0.39, 0.29) is 12.6 Å². The predicted molar refractivity (Wildman–Crippen MR) is 99.7 cm³/mol. The van der Waals surface area contributed by atoms with E-state index in [4.69, 9.17) is 23.7 Å². The highest BCUT2D eigenvalue weighted by Crippen LogP contribution is 2.50. The maximum Gasteiger partial charge on any atom is 0.231 e. The molecule has 4 heterocycles. The molecule has 0 unspecified atom stereocenters. The van der Waals surface area contributed by atoms with Crippen LogP contribution in [-0.4, -0.2) is 30.9 Å². The Kier molecular flexibility index (Phi) is 2.96. The van der Waals surface area contributed by atoms with Gasteiger partial charge in [0.05, 0.1) is 17.0 Å². The van der Waals surface area contributed by atoms with E-state index in [1.165, 1.54) is 0 Å². The molecule has 28 heavy (non-hydrogen) atoms. The molecule has 6 heteroatoms. The SMILES string of the molecule is CC1(C)C=Cc2c(ccc3c2O[C@H]2COc4cc5c(cc4[C@@H]2C3=O)OCO5)O1. The van der Waals surface area contributed by atoms with Gasteiger partial charge in [0.25, 0.3) is 0 Å². The lowest BCUT2D eigenvalue weighted by Crippen LogP contribution is -2.43. The van der Waals surface area contributed by atoms with Crippen LogP contribution in [0.1, 0.15) is 41.3 Å². The Bertz CT molecular complexity index is 1070. The summed E-state index contributed by atoms with van der Waals surface area (Å²) in [5.74, 6) is 2.80. The summed E-state index contributed by atoms with van der Waals surface area (Å²) in [6, 6.07) is 7.28. The Morgan fingerprint density at radius 3 is 2.68 bits per heavy atom. The molecule has 0 radical (unpaired) electrons. The number of carbonyl (C=O) groups is 1. The Morgan fingerprint density at radius 2 is 1.82 bits per heavy atom. The Hall–Kier alpha value is -3.15. The second-order valence-electron chi connectivity index (χ2n) is 7.95. The van der Waals surface area contributed by atoms with E-state index in [9.17, 15) is 4.79 Å². The molecule has 0 bridgehead atoms. The minimum Gasteiger partial charge on any atom is -0.489 e. The number of hydrogen-bond acceptors (Lipinski definition) is 6. The first-order chi connectivity index (χ1) is 13.5. The molecule has 0 saturated heterocycles. The predicted octanol–water partition coefficient (Wildman–Crippen LogP) is 3.72. The smallest absolute Gasteiger partial charge is 0.231 e. The van der Waals surface area contributed by atoms with Gasteiger partial charge in [0.1, 0.15) is 35.6 Å². The molecule has 0 aliphatic carbocycles. The first kappa shape index (κ1) is 15.9. The van der Waals surface area contributed by atoms with Crippen LogP contribution in [0.15, 0.2) is 30.3 Å². The van der Waals surface area contributed by atoms with Gasteiger partial charge in [-0.1, -0.05) is 0 Å². The van der Waals surface area contributed by atoms with Gasteiger partial charge in [-0.3, -0.25) is 4.79 Å². The standard InChI is InChI=1S/C22H18O6/c1-22(2)6-5-11-14(28-22)4-3-12-20(23)19-13-7-16-17(26-10-25-16)8-15(13)24-9-18(19)27-21(11)12/h3-8,18-19H,9-10H2,1-2H3/t18-,19-/m0/s1. The van der Waals surface area contributed by atoms with Gasteiger partial charge in [-0.25, -0.2) is 0 Å². The number of hydrogen-bond donors (Lipinski definition) is 0. The molecule has 0 amide bonds. The first-order valence-corrected chi connectivity index (χ1v) is 9.33. The largest absolute Gasteiger partial charge is 0.489 e. The van der Waals surface area contributed by atoms with Gasteiger partial charge >= 0.3 is 0 Å². The number of Topliss-reactive ketones (excluding diaryl/α,β-unsaturated/α-hetero) is 1. The second-order valence-corrected chi connectivity index (χ2v) is 7.95. The zero-order valence-corrected chi connectivity index (χ0v) is 15.5. The fourth-order valence-corrected chi connectivity index (χ4v) is 4.26. The van der Waals surface area contributed by atoms with Gasteiger partial charge < -0.3 is 23.7 Å². The van der Waals surface area contributed by atoms with Crippen molar-refractivity contribution in [2.45, 2.75) is 31.5 Å². The van der Waals surface area contributed by atoms with Crippen LogP contribution < -0.4 is 23.7 Å². The molecule has 6 nitrogen and oxygen atoms in total. The van der Waals surface area contributed by atoms with Gasteiger partial charge in [0, 0.05) is 11.6 Å². The fourth-order valence-electron chi connectivity index (χ4n) is 4.26. The molecule has 4 aliphatic rings. The van der Waals surface area contributed by atoms with Crippen molar-refractivity contribution in [2.24, 2.45) is 0 Å². The first-order valence-electron chi connectivity index (χ1n) is 9.33. The normalized spacial score (nSPS) is 24.7.